The lowest BCUT2D eigenvalue weighted by Gasteiger charge is -2.22. The van der Waals surface area contributed by atoms with Crippen LogP contribution in [0, 0.1) is 0 Å². The van der Waals surface area contributed by atoms with Crippen molar-refractivity contribution < 1.29 is 15.0 Å². The maximum absolute atomic E-state index is 12.5. The molecule has 4 heteroatoms. The van der Waals surface area contributed by atoms with Crippen LogP contribution in [0.4, 0.5) is 0 Å². The van der Waals surface area contributed by atoms with Gasteiger partial charge in [0.15, 0.2) is 0 Å². The van der Waals surface area contributed by atoms with Gasteiger partial charge in [0.25, 0.3) is 0 Å². The Balaban J connectivity index is 3.48. The molecule has 396 valence electrons. The van der Waals surface area contributed by atoms with E-state index < -0.39 is 12.1 Å². The molecule has 4 nitrogen and oxygen atoms in total. The highest BCUT2D eigenvalue weighted by atomic mass is 16.3. The Morgan fingerprint density at radius 1 is 0.368 bits per heavy atom. The largest absolute Gasteiger partial charge is 0.394 e. The van der Waals surface area contributed by atoms with E-state index in [9.17, 15) is 15.0 Å². The van der Waals surface area contributed by atoms with Gasteiger partial charge in [0.2, 0.25) is 5.91 Å². The van der Waals surface area contributed by atoms with Gasteiger partial charge in [-0.3, -0.25) is 4.79 Å². The first-order valence-electron chi connectivity index (χ1n) is 30.1. The lowest BCUT2D eigenvalue weighted by Crippen LogP contribution is -2.45. The molecule has 0 aromatic carbocycles. The van der Waals surface area contributed by atoms with Gasteiger partial charge in [-0.2, -0.15) is 0 Å². The molecule has 68 heavy (non-hydrogen) atoms. The second-order valence-electron chi connectivity index (χ2n) is 20.4. The zero-order chi connectivity index (χ0) is 49.2. The third-order valence-electron chi connectivity index (χ3n) is 13.7. The topological polar surface area (TPSA) is 69.6 Å². The third-order valence-corrected chi connectivity index (χ3v) is 13.7. The quantitative estimate of drug-likeness (QED) is 0.0420. The van der Waals surface area contributed by atoms with Crippen LogP contribution in [0.2, 0.25) is 0 Å². The summed E-state index contributed by atoms with van der Waals surface area (Å²) in [5.41, 5.74) is 0. The highest BCUT2D eigenvalue weighted by molar-refractivity contribution is 5.76. The molecule has 0 aromatic heterocycles. The number of allylic oxidation sites excluding steroid dienone is 12. The van der Waals surface area contributed by atoms with E-state index in [1.807, 2.05) is 0 Å². The maximum atomic E-state index is 12.5. The molecule has 0 aromatic rings. The lowest BCUT2D eigenvalue weighted by atomic mass is 10.0. The molecule has 0 saturated heterocycles. The standard InChI is InChI=1S/C64H117NO3/c1-3-5-7-9-11-13-15-17-19-21-23-25-27-28-29-30-31-32-33-34-35-36-38-39-41-43-45-47-49-51-53-55-57-59-63(67)62(61-66)65-64(68)60-58-56-54-52-50-48-46-44-42-40-37-26-24-22-20-18-16-14-12-10-8-6-4-2/h6,8,12,14,18,20,24,26,40,42,46,48,62-63,66-67H,3-5,7,9-11,13,15-17,19,21-23,25,27-39,41,43-45,47,49-61H2,1-2H3,(H,65,68)/b8-6-,14-12-,20-18-,26-24-,42-40-,48-46-. The molecule has 0 spiro atoms. The summed E-state index contributed by atoms with van der Waals surface area (Å²) in [5.74, 6) is -0.0544. The van der Waals surface area contributed by atoms with Crippen LogP contribution in [0.5, 0.6) is 0 Å². The van der Waals surface area contributed by atoms with E-state index >= 15 is 0 Å². The van der Waals surface area contributed by atoms with Crippen LogP contribution in [0.25, 0.3) is 0 Å². The van der Waals surface area contributed by atoms with Gasteiger partial charge in [-0.05, 0) is 64.2 Å². The highest BCUT2D eigenvalue weighted by Crippen LogP contribution is 2.18. The van der Waals surface area contributed by atoms with Gasteiger partial charge in [-0.25, -0.2) is 0 Å². The Bertz CT molecular complexity index is 1170. The SMILES string of the molecule is CC/C=C\C/C=C\C/C=C\C/C=C\C/C=C\C/C=C\CCCCCCC(=O)NC(CO)C(O)CCCCCCCCCCCCCCCCCCCCCCCCCCCCCCCCCCC. The van der Waals surface area contributed by atoms with Gasteiger partial charge >= 0.3 is 0 Å². The number of nitrogens with one attached hydrogen (secondary N) is 1. The average Bonchev–Trinajstić information content (AvgIpc) is 3.34. The van der Waals surface area contributed by atoms with Crippen molar-refractivity contribution in [1.82, 2.24) is 5.32 Å². The van der Waals surface area contributed by atoms with Crippen LogP contribution in [-0.4, -0.2) is 34.9 Å². The van der Waals surface area contributed by atoms with Gasteiger partial charge < -0.3 is 15.5 Å². The Morgan fingerprint density at radius 2 is 0.647 bits per heavy atom. The fourth-order valence-electron chi connectivity index (χ4n) is 9.19. The smallest absolute Gasteiger partial charge is 0.220 e. The van der Waals surface area contributed by atoms with Crippen LogP contribution in [0.15, 0.2) is 72.9 Å². The van der Waals surface area contributed by atoms with Crippen LogP contribution in [0.1, 0.15) is 309 Å². The van der Waals surface area contributed by atoms with Gasteiger partial charge in [0, 0.05) is 6.42 Å². The Hall–Kier alpha value is -2.17. The van der Waals surface area contributed by atoms with Crippen molar-refractivity contribution >= 4 is 5.91 Å². The number of aliphatic hydroxyl groups is 2. The minimum absolute atomic E-state index is 0.0544. The van der Waals surface area contributed by atoms with Gasteiger partial charge in [0.05, 0.1) is 18.8 Å². The molecule has 0 rings (SSSR count). The first kappa shape index (κ1) is 65.8. The summed E-state index contributed by atoms with van der Waals surface area (Å²) < 4.78 is 0. The molecule has 0 radical (unpaired) electrons. The summed E-state index contributed by atoms with van der Waals surface area (Å²) in [4.78, 5) is 12.5. The van der Waals surface area contributed by atoms with Crippen LogP contribution in [-0.2, 0) is 4.79 Å². The van der Waals surface area contributed by atoms with E-state index in [4.69, 9.17) is 0 Å². The van der Waals surface area contributed by atoms with Crippen molar-refractivity contribution in [2.24, 2.45) is 0 Å². The average molecular weight is 949 g/mol. The molecule has 2 atom stereocenters. The zero-order valence-electron chi connectivity index (χ0n) is 45.6. The maximum Gasteiger partial charge on any atom is 0.220 e. The number of carbonyl (C=O) groups excluding carboxylic acids is 1. The Labute approximate surface area is 425 Å². The van der Waals surface area contributed by atoms with Crippen LogP contribution >= 0.6 is 0 Å². The number of amides is 1. The number of aliphatic hydroxyl groups excluding tert-OH is 2. The molecule has 0 heterocycles. The van der Waals surface area contributed by atoms with Gasteiger partial charge in [0.1, 0.15) is 0 Å². The molecule has 3 N–H and O–H groups in total. The highest BCUT2D eigenvalue weighted by Gasteiger charge is 2.20. The molecule has 0 aliphatic heterocycles. The summed E-state index contributed by atoms with van der Waals surface area (Å²) in [6, 6.07) is -0.557. The van der Waals surface area contributed by atoms with Gasteiger partial charge in [-0.15, -0.1) is 0 Å². The second-order valence-corrected chi connectivity index (χ2v) is 20.4. The van der Waals surface area contributed by atoms with Crippen molar-refractivity contribution in [3.05, 3.63) is 72.9 Å². The van der Waals surface area contributed by atoms with Crippen LogP contribution < -0.4 is 5.32 Å². The number of carbonyl (C=O) groups is 1. The molecular formula is C64H117NO3. The minimum atomic E-state index is -0.677. The monoisotopic (exact) mass is 948 g/mol. The normalized spacial score (nSPS) is 13.3. The second kappa shape index (κ2) is 59.1. The molecule has 0 fully saturated rings. The first-order valence-corrected chi connectivity index (χ1v) is 30.1. The van der Waals surface area contributed by atoms with Crippen molar-refractivity contribution in [3.63, 3.8) is 0 Å². The fraction of sp³-hybridized carbons (Fsp3) is 0.797. The fourth-order valence-corrected chi connectivity index (χ4v) is 9.19. The van der Waals surface area contributed by atoms with E-state index in [-0.39, 0.29) is 12.5 Å². The van der Waals surface area contributed by atoms with Crippen LogP contribution in [0.3, 0.4) is 0 Å². The van der Waals surface area contributed by atoms with Crippen molar-refractivity contribution in [1.29, 1.82) is 0 Å². The summed E-state index contributed by atoms with van der Waals surface area (Å²) >= 11 is 0. The van der Waals surface area contributed by atoms with E-state index in [0.717, 1.165) is 83.5 Å². The number of hydrogen-bond donors (Lipinski definition) is 3. The zero-order valence-corrected chi connectivity index (χ0v) is 45.6. The third kappa shape index (κ3) is 54.8. The van der Waals surface area contributed by atoms with E-state index in [1.165, 1.54) is 199 Å². The predicted molar refractivity (Wildman–Crippen MR) is 304 cm³/mol. The number of rotatable bonds is 55. The molecule has 0 saturated carbocycles. The number of unbranched alkanes of at least 4 members (excludes halogenated alkanes) is 36. The summed E-state index contributed by atoms with van der Waals surface area (Å²) in [6.07, 6.45) is 84.8. The molecule has 2 unspecified atom stereocenters. The van der Waals surface area contributed by atoms with E-state index in [2.05, 4.69) is 92.1 Å². The summed E-state index contributed by atoms with van der Waals surface area (Å²) in [5, 5.41) is 23.4. The Morgan fingerprint density at radius 3 is 0.971 bits per heavy atom. The van der Waals surface area contributed by atoms with E-state index in [1.54, 1.807) is 0 Å². The molecule has 0 bridgehead atoms. The predicted octanol–water partition coefficient (Wildman–Crippen LogP) is 20.1. The van der Waals surface area contributed by atoms with Crippen molar-refractivity contribution in [2.45, 2.75) is 321 Å². The van der Waals surface area contributed by atoms with Crippen molar-refractivity contribution in [2.75, 3.05) is 6.61 Å². The first-order chi connectivity index (χ1) is 33.7. The number of hydrogen-bond acceptors (Lipinski definition) is 3. The van der Waals surface area contributed by atoms with Crippen molar-refractivity contribution in [3.8, 4) is 0 Å². The lowest BCUT2D eigenvalue weighted by molar-refractivity contribution is -0.123. The molecule has 0 aliphatic rings. The molecule has 0 aliphatic carbocycles. The summed E-state index contributed by atoms with van der Waals surface area (Å²) in [7, 11) is 0. The van der Waals surface area contributed by atoms with Gasteiger partial charge in [-0.1, -0.05) is 311 Å². The molecular weight excluding hydrogens is 831 g/mol. The van der Waals surface area contributed by atoms with E-state index in [0.29, 0.717) is 12.8 Å². The summed E-state index contributed by atoms with van der Waals surface area (Å²) in [6.45, 7) is 4.26. The minimum Gasteiger partial charge on any atom is -0.394 e. The Kier molecular flexibility index (Phi) is 57.3. The molecule has 1 amide bonds.